The maximum Gasteiger partial charge on any atom is 0.306 e. The van der Waals surface area contributed by atoms with Crippen LogP contribution in [-0.2, 0) is 4.79 Å². The normalized spacial score (nSPS) is 13.3. The van der Waals surface area contributed by atoms with Gasteiger partial charge in [-0.1, -0.05) is 44.8 Å². The van der Waals surface area contributed by atoms with Gasteiger partial charge in [0.25, 0.3) is 0 Å². The second-order valence-corrected chi connectivity index (χ2v) is 3.69. The number of unbranched alkanes of at least 4 members (excludes halogenated alkanes) is 3. The van der Waals surface area contributed by atoms with Crippen LogP contribution >= 0.6 is 0 Å². The fourth-order valence-corrected chi connectivity index (χ4v) is 1.46. The lowest BCUT2D eigenvalue weighted by atomic mass is 9.97. The summed E-state index contributed by atoms with van der Waals surface area (Å²) >= 11 is 0. The van der Waals surface area contributed by atoms with Crippen LogP contribution < -0.4 is 0 Å². The average Bonchev–Trinajstić information content (AvgIpc) is 2.16. The van der Waals surface area contributed by atoms with Crippen LogP contribution in [0.2, 0.25) is 0 Å². The van der Waals surface area contributed by atoms with Gasteiger partial charge in [-0.25, -0.2) is 0 Å². The van der Waals surface area contributed by atoms with E-state index in [1.54, 1.807) is 0 Å². The van der Waals surface area contributed by atoms with Crippen molar-refractivity contribution in [2.45, 2.75) is 52.4 Å². The Morgan fingerprint density at radius 2 is 2.07 bits per heavy atom. The molecule has 0 aliphatic rings. The lowest BCUT2D eigenvalue weighted by Gasteiger charge is -2.08. The summed E-state index contributed by atoms with van der Waals surface area (Å²) in [5, 5.41) is 8.92. The number of carbonyl (C=O) groups is 1. The Labute approximate surface area is 87.0 Å². The Balaban J connectivity index is 3.68. The highest BCUT2D eigenvalue weighted by Gasteiger charge is 2.14. The molecule has 0 saturated carbocycles. The minimum atomic E-state index is -0.653. The predicted molar refractivity (Wildman–Crippen MR) is 59.3 cm³/mol. The molecular weight excluding hydrogens is 176 g/mol. The van der Waals surface area contributed by atoms with Crippen LogP contribution in [-0.4, -0.2) is 11.1 Å². The van der Waals surface area contributed by atoms with E-state index in [1.807, 2.05) is 19.1 Å². The summed E-state index contributed by atoms with van der Waals surface area (Å²) < 4.78 is 0. The number of hydrogen-bond acceptors (Lipinski definition) is 1. The first kappa shape index (κ1) is 13.2. The van der Waals surface area contributed by atoms with Gasteiger partial charge in [-0.2, -0.15) is 0 Å². The summed E-state index contributed by atoms with van der Waals surface area (Å²) in [6, 6.07) is 0. The molecule has 0 rings (SSSR count). The molecule has 0 spiro atoms. The van der Waals surface area contributed by atoms with E-state index in [1.165, 1.54) is 12.8 Å². The van der Waals surface area contributed by atoms with Gasteiger partial charge in [-0.15, -0.1) is 0 Å². The van der Waals surface area contributed by atoms with Gasteiger partial charge in [0.05, 0.1) is 5.92 Å². The van der Waals surface area contributed by atoms with Crippen molar-refractivity contribution in [3.8, 4) is 0 Å². The molecule has 0 radical (unpaired) electrons. The molecule has 0 aliphatic heterocycles. The molecule has 0 aromatic rings. The summed E-state index contributed by atoms with van der Waals surface area (Å²) in [6.45, 7) is 4.09. The molecule has 2 heteroatoms. The lowest BCUT2D eigenvalue weighted by Crippen LogP contribution is -2.12. The first-order valence-corrected chi connectivity index (χ1v) is 5.56. The van der Waals surface area contributed by atoms with Crippen molar-refractivity contribution < 1.29 is 9.90 Å². The largest absolute Gasteiger partial charge is 0.481 e. The van der Waals surface area contributed by atoms with Gasteiger partial charge in [-0.05, 0) is 19.8 Å². The molecule has 1 atom stereocenters. The van der Waals surface area contributed by atoms with Crippen LogP contribution in [0.3, 0.4) is 0 Å². The third-order valence-electron chi connectivity index (χ3n) is 2.41. The monoisotopic (exact) mass is 198 g/mol. The van der Waals surface area contributed by atoms with Crippen LogP contribution in [0.25, 0.3) is 0 Å². The molecule has 82 valence electrons. The molecule has 1 N–H and O–H groups in total. The molecule has 0 bridgehead atoms. The predicted octanol–water partition coefficient (Wildman–Crippen LogP) is 3.62. The Morgan fingerprint density at radius 1 is 1.36 bits per heavy atom. The van der Waals surface area contributed by atoms with Crippen LogP contribution in [0.1, 0.15) is 52.4 Å². The van der Waals surface area contributed by atoms with Gasteiger partial charge in [-0.3, -0.25) is 4.79 Å². The quantitative estimate of drug-likeness (QED) is 0.477. The van der Waals surface area contributed by atoms with Crippen molar-refractivity contribution >= 4 is 5.97 Å². The summed E-state index contributed by atoms with van der Waals surface area (Å²) in [7, 11) is 0. The second-order valence-electron chi connectivity index (χ2n) is 3.69. The molecule has 2 nitrogen and oxygen atoms in total. The molecule has 0 heterocycles. The standard InChI is InChI=1S/C12H22O2/c1-3-5-7-8-10-11(12(13)14)9-6-4-2/h4,6,11H,3,5,7-10H2,1-2H3,(H,13,14). The maximum atomic E-state index is 10.8. The van der Waals surface area contributed by atoms with Gasteiger partial charge >= 0.3 is 5.97 Å². The van der Waals surface area contributed by atoms with Gasteiger partial charge in [0.15, 0.2) is 0 Å². The van der Waals surface area contributed by atoms with Crippen molar-refractivity contribution in [1.82, 2.24) is 0 Å². The zero-order valence-electron chi connectivity index (χ0n) is 9.33. The number of carboxylic acid groups (broad SMARTS) is 1. The fraction of sp³-hybridized carbons (Fsp3) is 0.750. The molecule has 0 aliphatic carbocycles. The van der Waals surface area contributed by atoms with E-state index < -0.39 is 5.97 Å². The van der Waals surface area contributed by atoms with E-state index in [-0.39, 0.29) is 5.92 Å². The Bertz CT molecular complexity index is 173. The van der Waals surface area contributed by atoms with Gasteiger partial charge in [0.2, 0.25) is 0 Å². The van der Waals surface area contributed by atoms with Crippen molar-refractivity contribution in [2.24, 2.45) is 5.92 Å². The molecule has 0 aromatic carbocycles. The molecular formula is C12H22O2. The molecule has 0 saturated heterocycles. The number of hydrogen-bond donors (Lipinski definition) is 1. The molecule has 0 fully saturated rings. The van der Waals surface area contributed by atoms with Crippen LogP contribution in [0, 0.1) is 5.92 Å². The number of rotatable bonds is 8. The molecule has 0 amide bonds. The molecule has 14 heavy (non-hydrogen) atoms. The van der Waals surface area contributed by atoms with E-state index in [2.05, 4.69) is 6.92 Å². The first-order chi connectivity index (χ1) is 6.72. The Hall–Kier alpha value is -0.790. The van der Waals surface area contributed by atoms with E-state index in [9.17, 15) is 4.79 Å². The highest BCUT2D eigenvalue weighted by molar-refractivity contribution is 5.70. The topological polar surface area (TPSA) is 37.3 Å². The zero-order valence-corrected chi connectivity index (χ0v) is 9.33. The summed E-state index contributed by atoms with van der Waals surface area (Å²) in [5.74, 6) is -0.831. The van der Waals surface area contributed by atoms with Gasteiger partial charge < -0.3 is 5.11 Å². The van der Waals surface area contributed by atoms with Crippen molar-refractivity contribution in [2.75, 3.05) is 0 Å². The highest BCUT2D eigenvalue weighted by atomic mass is 16.4. The first-order valence-electron chi connectivity index (χ1n) is 5.56. The van der Waals surface area contributed by atoms with E-state index >= 15 is 0 Å². The Kier molecular flexibility index (Phi) is 8.30. The van der Waals surface area contributed by atoms with E-state index in [0.29, 0.717) is 6.42 Å². The smallest absolute Gasteiger partial charge is 0.306 e. The van der Waals surface area contributed by atoms with Crippen LogP contribution in [0.5, 0.6) is 0 Å². The van der Waals surface area contributed by atoms with Gasteiger partial charge in [0.1, 0.15) is 0 Å². The van der Waals surface area contributed by atoms with Gasteiger partial charge in [0, 0.05) is 0 Å². The third-order valence-corrected chi connectivity index (χ3v) is 2.41. The van der Waals surface area contributed by atoms with Crippen molar-refractivity contribution in [3.63, 3.8) is 0 Å². The van der Waals surface area contributed by atoms with Crippen molar-refractivity contribution in [1.29, 1.82) is 0 Å². The number of allylic oxidation sites excluding steroid dienone is 2. The summed E-state index contributed by atoms with van der Waals surface area (Å²) in [4.78, 5) is 10.8. The summed E-state index contributed by atoms with van der Waals surface area (Å²) in [5.41, 5.74) is 0. The van der Waals surface area contributed by atoms with Crippen LogP contribution in [0.4, 0.5) is 0 Å². The number of aliphatic carboxylic acids is 1. The zero-order chi connectivity index (χ0) is 10.8. The average molecular weight is 198 g/mol. The summed E-state index contributed by atoms with van der Waals surface area (Å²) in [6.07, 6.45) is 9.99. The van der Waals surface area contributed by atoms with Crippen molar-refractivity contribution in [3.05, 3.63) is 12.2 Å². The fourth-order valence-electron chi connectivity index (χ4n) is 1.46. The molecule has 1 unspecified atom stereocenters. The third kappa shape index (κ3) is 6.70. The minimum absolute atomic E-state index is 0.178. The lowest BCUT2D eigenvalue weighted by molar-refractivity contribution is -0.141. The minimum Gasteiger partial charge on any atom is -0.481 e. The molecule has 0 aromatic heterocycles. The Morgan fingerprint density at radius 3 is 2.57 bits per heavy atom. The second kappa shape index (κ2) is 8.79. The van der Waals surface area contributed by atoms with E-state index in [0.717, 1.165) is 19.3 Å². The maximum absolute atomic E-state index is 10.8. The van der Waals surface area contributed by atoms with Crippen LogP contribution in [0.15, 0.2) is 12.2 Å². The number of carboxylic acids is 1. The highest BCUT2D eigenvalue weighted by Crippen LogP contribution is 2.15. The van der Waals surface area contributed by atoms with E-state index in [4.69, 9.17) is 5.11 Å². The SMILES string of the molecule is CC=CCC(CCCCCC)C(=O)O.